The molecule has 3 heterocycles. The Morgan fingerprint density at radius 1 is 0.929 bits per heavy atom. The Hall–Kier alpha value is -3.54. The van der Waals surface area contributed by atoms with Gasteiger partial charge in [-0.05, 0) is 24.3 Å². The lowest BCUT2D eigenvalue weighted by molar-refractivity contribution is 0.424. The average molecular weight is 372 g/mol. The third kappa shape index (κ3) is 3.03. The van der Waals surface area contributed by atoms with E-state index in [0.29, 0.717) is 12.3 Å². The van der Waals surface area contributed by atoms with E-state index in [1.165, 1.54) is 12.1 Å². The number of halogens is 1. The highest BCUT2D eigenvalue weighted by atomic mass is 19.1. The monoisotopic (exact) mass is 372 g/mol. The maximum absolute atomic E-state index is 13.3. The molecule has 0 radical (unpaired) electrons. The van der Waals surface area contributed by atoms with Crippen molar-refractivity contribution in [2.45, 2.75) is 13.0 Å². The maximum Gasteiger partial charge on any atom is 0.172 e. The van der Waals surface area contributed by atoms with Gasteiger partial charge in [0, 0.05) is 35.7 Å². The number of anilines is 1. The normalized spacial score (nSPS) is 13.4. The molecule has 6 heteroatoms. The van der Waals surface area contributed by atoms with Crippen molar-refractivity contribution in [1.82, 2.24) is 15.1 Å². The zero-order chi connectivity index (χ0) is 18.9. The molecule has 0 bridgehead atoms. The molecule has 1 aliphatic heterocycles. The second-order valence-corrected chi connectivity index (χ2v) is 6.74. The lowest BCUT2D eigenvalue weighted by Crippen LogP contribution is -2.31. The fraction of sp³-hybridized carbons (Fsp3) is 0.136. The van der Waals surface area contributed by atoms with Crippen LogP contribution in [-0.2, 0) is 13.0 Å². The molecule has 0 fully saturated rings. The molecular weight excluding hydrogens is 355 g/mol. The first kappa shape index (κ1) is 16.6. The van der Waals surface area contributed by atoms with Gasteiger partial charge in [-0.3, -0.25) is 0 Å². The highest BCUT2D eigenvalue weighted by Gasteiger charge is 2.26. The molecule has 5 nitrogen and oxygen atoms in total. The van der Waals surface area contributed by atoms with E-state index in [1.54, 1.807) is 18.5 Å². The van der Waals surface area contributed by atoms with Crippen molar-refractivity contribution >= 4 is 5.82 Å². The van der Waals surface area contributed by atoms with E-state index in [0.717, 1.165) is 46.9 Å². The number of hydrogen-bond acceptors (Lipinski definition) is 5. The molecule has 5 rings (SSSR count). The van der Waals surface area contributed by atoms with Gasteiger partial charge in [-0.2, -0.15) is 0 Å². The summed E-state index contributed by atoms with van der Waals surface area (Å²) in [5, 5.41) is 4.22. The Bertz CT molecular complexity index is 1110. The Morgan fingerprint density at radius 3 is 2.57 bits per heavy atom. The van der Waals surface area contributed by atoms with Crippen molar-refractivity contribution in [3.63, 3.8) is 0 Å². The number of hydrogen-bond donors (Lipinski definition) is 0. The minimum atomic E-state index is -0.270. The molecular formula is C22H17FN4O. The predicted molar refractivity (Wildman–Crippen MR) is 104 cm³/mol. The molecule has 0 spiro atoms. The van der Waals surface area contributed by atoms with Crippen LogP contribution < -0.4 is 4.90 Å². The van der Waals surface area contributed by atoms with Crippen LogP contribution in [0.3, 0.4) is 0 Å². The molecule has 0 saturated heterocycles. The van der Waals surface area contributed by atoms with Crippen LogP contribution in [0.25, 0.3) is 22.6 Å². The number of rotatable bonds is 3. The zero-order valence-electron chi connectivity index (χ0n) is 15.0. The van der Waals surface area contributed by atoms with Crippen LogP contribution in [0.2, 0.25) is 0 Å². The first-order chi connectivity index (χ1) is 13.8. The Labute approximate surface area is 161 Å². The van der Waals surface area contributed by atoms with E-state index in [2.05, 4.69) is 20.0 Å². The largest absolute Gasteiger partial charge is 0.356 e. The lowest BCUT2D eigenvalue weighted by Gasteiger charge is -2.27. The quantitative estimate of drug-likeness (QED) is 0.530. The lowest BCUT2D eigenvalue weighted by atomic mass is 10.0. The van der Waals surface area contributed by atoms with Crippen molar-refractivity contribution in [2.24, 2.45) is 0 Å². The van der Waals surface area contributed by atoms with Crippen LogP contribution in [-0.4, -0.2) is 21.7 Å². The molecule has 28 heavy (non-hydrogen) atoms. The summed E-state index contributed by atoms with van der Waals surface area (Å²) < 4.78 is 18.8. The fourth-order valence-electron chi connectivity index (χ4n) is 3.52. The Morgan fingerprint density at radius 2 is 1.75 bits per heavy atom. The van der Waals surface area contributed by atoms with Crippen molar-refractivity contribution < 1.29 is 8.91 Å². The van der Waals surface area contributed by atoms with E-state index < -0.39 is 0 Å². The second kappa shape index (κ2) is 6.88. The SMILES string of the molecule is Fc1ccc(-c2onc3c2CN(c2cc(-c4ccccc4)ncn2)CC3)cc1. The van der Waals surface area contributed by atoms with Gasteiger partial charge in [-0.15, -0.1) is 0 Å². The molecule has 2 aromatic carbocycles. The van der Waals surface area contributed by atoms with E-state index in [9.17, 15) is 4.39 Å². The van der Waals surface area contributed by atoms with Gasteiger partial charge in [-0.25, -0.2) is 14.4 Å². The van der Waals surface area contributed by atoms with Crippen LogP contribution in [0.4, 0.5) is 10.2 Å². The third-order valence-corrected chi connectivity index (χ3v) is 4.99. The summed E-state index contributed by atoms with van der Waals surface area (Å²) in [5.41, 5.74) is 4.75. The first-order valence-corrected chi connectivity index (χ1v) is 9.14. The predicted octanol–water partition coefficient (Wildman–Crippen LogP) is 4.50. The average Bonchev–Trinajstić information content (AvgIpc) is 3.18. The van der Waals surface area contributed by atoms with Gasteiger partial charge < -0.3 is 9.42 Å². The molecule has 0 unspecified atom stereocenters. The number of nitrogens with zero attached hydrogens (tertiary/aromatic N) is 4. The van der Waals surface area contributed by atoms with Gasteiger partial charge in [0.25, 0.3) is 0 Å². The molecule has 4 aromatic rings. The van der Waals surface area contributed by atoms with Crippen LogP contribution in [0.5, 0.6) is 0 Å². The molecule has 138 valence electrons. The maximum atomic E-state index is 13.3. The third-order valence-electron chi connectivity index (χ3n) is 4.99. The topological polar surface area (TPSA) is 55.1 Å². The highest BCUT2D eigenvalue weighted by molar-refractivity contribution is 5.65. The highest BCUT2D eigenvalue weighted by Crippen LogP contribution is 2.32. The summed E-state index contributed by atoms with van der Waals surface area (Å²) >= 11 is 0. The van der Waals surface area contributed by atoms with Crippen LogP contribution >= 0.6 is 0 Å². The summed E-state index contributed by atoms with van der Waals surface area (Å²) in [5.74, 6) is 1.29. The van der Waals surface area contributed by atoms with Crippen LogP contribution in [0.15, 0.2) is 71.5 Å². The molecule has 0 saturated carbocycles. The van der Waals surface area contributed by atoms with Crippen LogP contribution in [0.1, 0.15) is 11.3 Å². The van der Waals surface area contributed by atoms with Gasteiger partial charge in [0.1, 0.15) is 18.0 Å². The van der Waals surface area contributed by atoms with Crippen LogP contribution in [0, 0.1) is 5.82 Å². The zero-order valence-corrected chi connectivity index (χ0v) is 15.0. The number of benzene rings is 2. The first-order valence-electron chi connectivity index (χ1n) is 9.14. The fourth-order valence-corrected chi connectivity index (χ4v) is 3.52. The summed E-state index contributed by atoms with van der Waals surface area (Å²) in [4.78, 5) is 11.1. The van der Waals surface area contributed by atoms with Crippen molar-refractivity contribution in [3.8, 4) is 22.6 Å². The summed E-state index contributed by atoms with van der Waals surface area (Å²) in [7, 11) is 0. The Balaban J connectivity index is 1.46. The number of aromatic nitrogens is 3. The minimum Gasteiger partial charge on any atom is -0.356 e. The smallest absolute Gasteiger partial charge is 0.172 e. The Kier molecular flexibility index (Phi) is 4.09. The van der Waals surface area contributed by atoms with Crippen molar-refractivity contribution in [2.75, 3.05) is 11.4 Å². The van der Waals surface area contributed by atoms with E-state index >= 15 is 0 Å². The van der Waals surface area contributed by atoms with Gasteiger partial charge >= 0.3 is 0 Å². The molecule has 0 N–H and O–H groups in total. The minimum absolute atomic E-state index is 0.270. The van der Waals surface area contributed by atoms with E-state index in [4.69, 9.17) is 4.52 Å². The molecule has 2 aromatic heterocycles. The van der Waals surface area contributed by atoms with Gasteiger partial charge in [-0.1, -0.05) is 35.5 Å². The molecule has 0 aliphatic carbocycles. The van der Waals surface area contributed by atoms with E-state index in [-0.39, 0.29) is 5.82 Å². The van der Waals surface area contributed by atoms with Gasteiger partial charge in [0.05, 0.1) is 17.9 Å². The number of fused-ring (bicyclic) bond motifs is 1. The molecule has 1 aliphatic rings. The standard InChI is InChI=1S/C22H17FN4O/c23-17-8-6-16(7-9-17)22-18-13-27(11-10-19(18)26-28-22)21-12-20(24-14-25-21)15-4-2-1-3-5-15/h1-9,12,14H,10-11,13H2. The van der Waals surface area contributed by atoms with E-state index in [1.807, 2.05) is 36.4 Å². The van der Waals surface area contributed by atoms with Gasteiger partial charge in [0.15, 0.2) is 5.76 Å². The summed E-state index contributed by atoms with van der Waals surface area (Å²) in [6.45, 7) is 1.43. The van der Waals surface area contributed by atoms with Gasteiger partial charge in [0.2, 0.25) is 0 Å². The molecule has 0 amide bonds. The van der Waals surface area contributed by atoms with Crippen molar-refractivity contribution in [3.05, 3.63) is 84.1 Å². The summed E-state index contributed by atoms with van der Waals surface area (Å²) in [6.07, 6.45) is 2.37. The second-order valence-electron chi connectivity index (χ2n) is 6.74. The van der Waals surface area contributed by atoms with Crippen molar-refractivity contribution in [1.29, 1.82) is 0 Å². The molecule has 0 atom stereocenters. The summed E-state index contributed by atoms with van der Waals surface area (Å²) in [6, 6.07) is 18.3.